The van der Waals surface area contributed by atoms with Crippen molar-refractivity contribution in [2.24, 2.45) is 10.8 Å². The molecule has 0 radical (unpaired) electrons. The highest BCUT2D eigenvalue weighted by molar-refractivity contribution is 7.14. The third kappa shape index (κ3) is 9.73. The van der Waals surface area contributed by atoms with Gasteiger partial charge in [0.2, 0.25) is 17.7 Å². The number of benzene rings is 2. The number of aliphatic hydroxyl groups excluding tert-OH is 1. The van der Waals surface area contributed by atoms with E-state index < -0.39 is 23.6 Å². The molecular weight excluding hydrogens is 773 g/mol. The monoisotopic (exact) mass is 828 g/mol. The molecule has 58 heavy (non-hydrogen) atoms. The zero-order valence-electron chi connectivity index (χ0n) is 34.2. The highest BCUT2D eigenvalue weighted by atomic mass is 32.1. The summed E-state index contributed by atoms with van der Waals surface area (Å²) in [5.74, 6) is -0.199. The number of aryl methyl sites for hydroxylation is 1. The van der Waals surface area contributed by atoms with Crippen LogP contribution in [0.5, 0.6) is 5.75 Å². The molecule has 3 saturated heterocycles. The Hall–Kier alpha value is -4.37. The van der Waals surface area contributed by atoms with Crippen LogP contribution < -0.4 is 20.3 Å². The fourth-order valence-corrected chi connectivity index (χ4v) is 9.76. The molecule has 7 rings (SSSR count). The lowest BCUT2D eigenvalue weighted by Crippen LogP contribution is -2.58. The Kier molecular flexibility index (Phi) is 12.9. The lowest BCUT2D eigenvalue weighted by atomic mass is 9.74. The van der Waals surface area contributed by atoms with E-state index in [0.29, 0.717) is 24.9 Å². The highest BCUT2D eigenvalue weighted by Gasteiger charge is 2.46. The van der Waals surface area contributed by atoms with E-state index in [9.17, 15) is 19.5 Å². The van der Waals surface area contributed by atoms with Gasteiger partial charge in [0.15, 0.2) is 5.13 Å². The quantitative estimate of drug-likeness (QED) is 0.117. The number of carbonyl (C=O) groups is 3. The molecule has 3 N–H and O–H groups in total. The molecule has 0 unspecified atom stereocenters. The second-order valence-electron chi connectivity index (χ2n) is 17.2. The number of nitrogens with one attached hydrogen (secondary N) is 2. The third-order valence-corrected chi connectivity index (χ3v) is 13.5. The molecule has 3 aliphatic heterocycles. The van der Waals surface area contributed by atoms with Gasteiger partial charge >= 0.3 is 0 Å². The van der Waals surface area contributed by atoms with Gasteiger partial charge in [0.25, 0.3) is 0 Å². The maximum atomic E-state index is 14.1. The van der Waals surface area contributed by atoms with Gasteiger partial charge in [-0.3, -0.25) is 14.4 Å². The number of nitrogens with zero attached hydrogens (tertiary/aromatic N) is 4. The van der Waals surface area contributed by atoms with Crippen molar-refractivity contribution < 1.29 is 29.0 Å². The number of aliphatic hydroxyl groups is 1. The summed E-state index contributed by atoms with van der Waals surface area (Å²) in [5, 5.41) is 19.8. The van der Waals surface area contributed by atoms with Crippen LogP contribution in [-0.4, -0.2) is 95.3 Å². The second-order valence-corrected chi connectivity index (χ2v) is 18.9. The number of amides is 3. The van der Waals surface area contributed by atoms with Crippen molar-refractivity contribution in [1.29, 1.82) is 0 Å². The normalized spacial score (nSPS) is 20.0. The second kappa shape index (κ2) is 17.9. The van der Waals surface area contributed by atoms with Crippen LogP contribution in [0.3, 0.4) is 0 Å². The van der Waals surface area contributed by atoms with Gasteiger partial charge in [0.1, 0.15) is 17.8 Å². The minimum absolute atomic E-state index is 0.0233. The van der Waals surface area contributed by atoms with Gasteiger partial charge in [-0.2, -0.15) is 0 Å². The summed E-state index contributed by atoms with van der Waals surface area (Å²) in [6.07, 6.45) is 3.03. The van der Waals surface area contributed by atoms with Crippen LogP contribution in [-0.2, 0) is 19.1 Å². The van der Waals surface area contributed by atoms with E-state index in [0.717, 1.165) is 83.0 Å². The number of likely N-dealkylation sites (tertiary alicyclic amines) is 1. The standard InChI is InChI=1S/C44H56N6O6S2/c1-28(30-9-11-32(12-10-30)38-29(2)45-27-58-38)46-40(53)36-22-33(51)23-50(36)41(54)39(43(3,4)5)48-37(52)8-6-7-19-56-34-15-13-31(14-16-34)35-24-57-42(47-35)49-25-44(26-49)17-20-55-21-18-44/h9-16,24,27-28,33,36,39,51H,6-8,17-23,25-26H2,1-5H3,(H,46,53)(H,48,52)/t28-,33+,36-,39+/m0/s1. The Balaban J connectivity index is 0.854. The average molecular weight is 829 g/mol. The first-order chi connectivity index (χ1) is 27.8. The molecule has 4 atom stereocenters. The minimum atomic E-state index is -0.876. The number of unbranched alkanes of at least 4 members (excludes halogenated alkanes) is 1. The summed E-state index contributed by atoms with van der Waals surface area (Å²) in [7, 11) is 0. The minimum Gasteiger partial charge on any atom is -0.494 e. The summed E-state index contributed by atoms with van der Waals surface area (Å²) < 4.78 is 11.5. The Labute approximate surface area is 349 Å². The van der Waals surface area contributed by atoms with Crippen molar-refractivity contribution in [2.45, 2.75) is 97.4 Å². The molecule has 310 valence electrons. The highest BCUT2D eigenvalue weighted by Crippen LogP contribution is 2.43. The van der Waals surface area contributed by atoms with E-state index in [1.807, 2.05) is 88.7 Å². The molecule has 0 saturated carbocycles. The summed E-state index contributed by atoms with van der Waals surface area (Å²) in [5.41, 5.74) is 6.57. The Morgan fingerprint density at radius 1 is 1.00 bits per heavy atom. The molecule has 4 aromatic rings. The number of thiazole rings is 2. The lowest BCUT2D eigenvalue weighted by Gasteiger charge is -2.52. The molecule has 0 aliphatic carbocycles. The van der Waals surface area contributed by atoms with Gasteiger partial charge in [0.05, 0.1) is 40.5 Å². The number of β-amino-alcohol motifs (C(OH)–C–C–N with tert-alkyl or cyclic N) is 1. The molecule has 3 fully saturated rings. The van der Waals surface area contributed by atoms with Crippen molar-refractivity contribution in [3.63, 3.8) is 0 Å². The summed E-state index contributed by atoms with van der Waals surface area (Å²) >= 11 is 3.27. The summed E-state index contributed by atoms with van der Waals surface area (Å²) in [6, 6.07) is 13.9. The number of hydrogen-bond donors (Lipinski definition) is 3. The Bertz CT molecular complexity index is 2030. The van der Waals surface area contributed by atoms with Crippen molar-refractivity contribution >= 4 is 45.5 Å². The van der Waals surface area contributed by atoms with Crippen LogP contribution in [0.15, 0.2) is 59.4 Å². The molecule has 0 bridgehead atoms. The SMILES string of the molecule is Cc1ncsc1-c1ccc([C@H](C)NC(=O)[C@@H]2C[C@@H](O)CN2C(=O)[C@@H](NC(=O)CCCCOc2ccc(-c3csc(N4CC5(CCOCC5)C4)n3)cc2)C(C)(C)C)cc1. The third-order valence-electron chi connectivity index (χ3n) is 11.6. The summed E-state index contributed by atoms with van der Waals surface area (Å²) in [6.45, 7) is 13.9. The molecule has 1 spiro atoms. The van der Waals surface area contributed by atoms with Crippen molar-refractivity contribution in [3.05, 3.63) is 70.7 Å². The number of hydrogen-bond acceptors (Lipinski definition) is 11. The molecule has 5 heterocycles. The van der Waals surface area contributed by atoms with E-state index in [-0.39, 0.29) is 43.1 Å². The molecule has 12 nitrogen and oxygen atoms in total. The Morgan fingerprint density at radius 2 is 1.71 bits per heavy atom. The first-order valence-corrected chi connectivity index (χ1v) is 22.1. The topological polar surface area (TPSA) is 146 Å². The maximum Gasteiger partial charge on any atom is 0.246 e. The van der Waals surface area contributed by atoms with E-state index in [1.165, 1.54) is 4.90 Å². The summed E-state index contributed by atoms with van der Waals surface area (Å²) in [4.78, 5) is 55.0. The molecule has 2 aromatic carbocycles. The van der Waals surface area contributed by atoms with Crippen LogP contribution in [0.2, 0.25) is 0 Å². The molecule has 14 heteroatoms. The number of ether oxygens (including phenoxy) is 2. The van der Waals surface area contributed by atoms with Gasteiger partial charge < -0.3 is 35.0 Å². The average Bonchev–Trinajstić information content (AvgIpc) is 3.96. The fourth-order valence-electron chi connectivity index (χ4n) is 8.11. The maximum absolute atomic E-state index is 14.1. The van der Waals surface area contributed by atoms with Crippen molar-refractivity contribution in [3.8, 4) is 27.4 Å². The molecular formula is C44H56N6O6S2. The number of rotatable bonds is 14. The predicted molar refractivity (Wildman–Crippen MR) is 228 cm³/mol. The first kappa shape index (κ1) is 41.8. The van der Waals surface area contributed by atoms with E-state index in [2.05, 4.69) is 25.9 Å². The lowest BCUT2D eigenvalue weighted by molar-refractivity contribution is -0.144. The number of carbonyl (C=O) groups excluding carboxylic acids is 3. The van der Waals surface area contributed by atoms with Gasteiger partial charge in [-0.15, -0.1) is 22.7 Å². The number of aromatic nitrogens is 2. The van der Waals surface area contributed by atoms with Crippen LogP contribution >= 0.6 is 22.7 Å². The van der Waals surface area contributed by atoms with Crippen LogP contribution in [0.1, 0.15) is 83.5 Å². The van der Waals surface area contributed by atoms with Crippen LogP contribution in [0.25, 0.3) is 21.7 Å². The smallest absolute Gasteiger partial charge is 0.246 e. The Morgan fingerprint density at radius 3 is 2.38 bits per heavy atom. The zero-order valence-corrected chi connectivity index (χ0v) is 35.8. The van der Waals surface area contributed by atoms with Gasteiger partial charge in [-0.05, 0) is 80.3 Å². The largest absolute Gasteiger partial charge is 0.494 e. The predicted octanol–water partition coefficient (Wildman–Crippen LogP) is 6.78. The van der Waals surface area contributed by atoms with Gasteiger partial charge in [-0.25, -0.2) is 9.97 Å². The van der Waals surface area contributed by atoms with E-state index in [1.54, 1.807) is 22.7 Å². The van der Waals surface area contributed by atoms with E-state index in [4.69, 9.17) is 14.5 Å². The van der Waals surface area contributed by atoms with Crippen molar-refractivity contribution in [2.75, 3.05) is 44.4 Å². The van der Waals surface area contributed by atoms with Gasteiger partial charge in [-0.1, -0.05) is 45.0 Å². The number of anilines is 1. The van der Waals surface area contributed by atoms with E-state index >= 15 is 0 Å². The van der Waals surface area contributed by atoms with Gasteiger partial charge in [0, 0.05) is 62.0 Å². The van der Waals surface area contributed by atoms with Crippen LogP contribution in [0.4, 0.5) is 5.13 Å². The zero-order chi connectivity index (χ0) is 41.0. The first-order valence-electron chi connectivity index (χ1n) is 20.4. The molecule has 3 aliphatic rings. The molecule has 2 aromatic heterocycles. The van der Waals surface area contributed by atoms with Crippen LogP contribution in [0, 0.1) is 17.8 Å². The molecule has 3 amide bonds. The fraction of sp³-hybridized carbons (Fsp3) is 0.523. The van der Waals surface area contributed by atoms with Crippen molar-refractivity contribution in [1.82, 2.24) is 25.5 Å².